The zero-order valence-electron chi connectivity index (χ0n) is 12.9. The molecule has 0 amide bonds. The van der Waals surface area contributed by atoms with Gasteiger partial charge < -0.3 is 4.74 Å². The average Bonchev–Trinajstić information content (AvgIpc) is 3.03. The summed E-state index contributed by atoms with van der Waals surface area (Å²) in [5.74, 6) is 0.942. The molecule has 1 aliphatic heterocycles. The van der Waals surface area contributed by atoms with E-state index in [1.165, 1.54) is 44.3 Å². The maximum Gasteiger partial charge on any atom is 0.123 e. The monoisotopic (exact) mass is 308 g/mol. The van der Waals surface area contributed by atoms with E-state index in [1.807, 2.05) is 18.2 Å². The van der Waals surface area contributed by atoms with Crippen molar-refractivity contribution in [2.24, 2.45) is 0 Å². The van der Waals surface area contributed by atoms with E-state index in [0.29, 0.717) is 0 Å². The SMILES string of the molecule is COc1ccc(Cl)cc1CN1CCN(C2CCCC2)CC1. The van der Waals surface area contributed by atoms with Crippen LogP contribution in [0.25, 0.3) is 0 Å². The molecule has 0 N–H and O–H groups in total. The lowest BCUT2D eigenvalue weighted by molar-refractivity contribution is 0.0932. The molecule has 4 heteroatoms. The molecule has 0 bridgehead atoms. The molecule has 0 aromatic heterocycles. The van der Waals surface area contributed by atoms with Gasteiger partial charge in [0.25, 0.3) is 0 Å². The summed E-state index contributed by atoms with van der Waals surface area (Å²) in [4.78, 5) is 5.21. The van der Waals surface area contributed by atoms with Gasteiger partial charge in [0, 0.05) is 49.4 Å². The fraction of sp³-hybridized carbons (Fsp3) is 0.647. The quantitative estimate of drug-likeness (QED) is 0.848. The van der Waals surface area contributed by atoms with Gasteiger partial charge in [0.05, 0.1) is 7.11 Å². The predicted octanol–water partition coefficient (Wildman–Crippen LogP) is 3.41. The van der Waals surface area contributed by atoms with Crippen LogP contribution in [-0.2, 0) is 6.54 Å². The fourth-order valence-corrected chi connectivity index (χ4v) is 3.86. The third kappa shape index (κ3) is 3.71. The van der Waals surface area contributed by atoms with Crippen LogP contribution in [0.5, 0.6) is 5.75 Å². The van der Waals surface area contributed by atoms with Gasteiger partial charge in [-0.3, -0.25) is 9.80 Å². The third-order valence-corrected chi connectivity index (χ3v) is 5.12. The molecule has 3 nitrogen and oxygen atoms in total. The van der Waals surface area contributed by atoms with Crippen LogP contribution < -0.4 is 4.74 Å². The van der Waals surface area contributed by atoms with Crippen molar-refractivity contribution in [1.82, 2.24) is 9.80 Å². The van der Waals surface area contributed by atoms with E-state index < -0.39 is 0 Å². The first-order valence-electron chi connectivity index (χ1n) is 8.05. The van der Waals surface area contributed by atoms with Crippen molar-refractivity contribution in [3.63, 3.8) is 0 Å². The Morgan fingerprint density at radius 2 is 1.86 bits per heavy atom. The first kappa shape index (κ1) is 15.1. The number of hydrogen-bond donors (Lipinski definition) is 0. The van der Waals surface area contributed by atoms with Crippen molar-refractivity contribution in [3.8, 4) is 5.75 Å². The summed E-state index contributed by atoms with van der Waals surface area (Å²) >= 11 is 6.12. The Hall–Kier alpha value is -0.770. The molecule has 21 heavy (non-hydrogen) atoms. The zero-order valence-corrected chi connectivity index (χ0v) is 13.6. The summed E-state index contributed by atoms with van der Waals surface area (Å²) < 4.78 is 5.45. The van der Waals surface area contributed by atoms with Gasteiger partial charge in [-0.1, -0.05) is 24.4 Å². The Balaban J connectivity index is 1.56. The van der Waals surface area contributed by atoms with Crippen molar-refractivity contribution in [2.75, 3.05) is 33.3 Å². The van der Waals surface area contributed by atoms with E-state index in [-0.39, 0.29) is 0 Å². The standard InChI is InChI=1S/C17H25ClN2O/c1-21-17-7-6-15(18)12-14(17)13-19-8-10-20(11-9-19)16-4-2-3-5-16/h6-7,12,16H,2-5,8-11,13H2,1H3. The molecule has 0 unspecified atom stereocenters. The second-order valence-electron chi connectivity index (χ2n) is 6.21. The predicted molar refractivity (Wildman–Crippen MR) is 87.1 cm³/mol. The van der Waals surface area contributed by atoms with E-state index in [1.54, 1.807) is 7.11 Å². The molecular weight excluding hydrogens is 284 g/mol. The van der Waals surface area contributed by atoms with Crippen LogP contribution in [0.3, 0.4) is 0 Å². The largest absolute Gasteiger partial charge is 0.496 e. The van der Waals surface area contributed by atoms with E-state index in [0.717, 1.165) is 36.4 Å². The molecule has 3 rings (SSSR count). The van der Waals surface area contributed by atoms with Crippen LogP contribution in [-0.4, -0.2) is 49.1 Å². The maximum absolute atomic E-state index is 6.12. The smallest absolute Gasteiger partial charge is 0.123 e. The molecule has 1 saturated carbocycles. The van der Waals surface area contributed by atoms with Crippen LogP contribution in [0, 0.1) is 0 Å². The topological polar surface area (TPSA) is 15.7 Å². The minimum absolute atomic E-state index is 0.787. The third-order valence-electron chi connectivity index (χ3n) is 4.88. The Kier molecular flexibility index (Phi) is 5.04. The lowest BCUT2D eigenvalue weighted by Gasteiger charge is -2.38. The highest BCUT2D eigenvalue weighted by Crippen LogP contribution is 2.26. The normalized spacial score (nSPS) is 21.8. The number of halogens is 1. The highest BCUT2D eigenvalue weighted by atomic mass is 35.5. The minimum atomic E-state index is 0.787. The molecule has 2 aliphatic rings. The summed E-state index contributed by atoms with van der Waals surface area (Å²) in [5, 5.41) is 0.787. The van der Waals surface area contributed by atoms with E-state index in [4.69, 9.17) is 16.3 Å². The number of ether oxygens (including phenoxy) is 1. The van der Waals surface area contributed by atoms with Crippen molar-refractivity contribution >= 4 is 11.6 Å². The van der Waals surface area contributed by atoms with Crippen LogP contribution in [0.15, 0.2) is 18.2 Å². The van der Waals surface area contributed by atoms with Crippen LogP contribution >= 0.6 is 11.6 Å². The molecule has 0 atom stereocenters. The Labute approximate surface area is 132 Å². The lowest BCUT2D eigenvalue weighted by atomic mass is 10.1. The summed E-state index contributed by atoms with van der Waals surface area (Å²) in [6.45, 7) is 5.63. The van der Waals surface area contributed by atoms with Gasteiger partial charge >= 0.3 is 0 Å². The Morgan fingerprint density at radius 1 is 1.14 bits per heavy atom. The number of methoxy groups -OCH3 is 1. The van der Waals surface area contributed by atoms with Gasteiger partial charge in [-0.25, -0.2) is 0 Å². The molecule has 1 aromatic carbocycles. The maximum atomic E-state index is 6.12. The number of benzene rings is 1. The second kappa shape index (κ2) is 6.99. The van der Waals surface area contributed by atoms with Gasteiger partial charge in [0.15, 0.2) is 0 Å². The van der Waals surface area contributed by atoms with E-state index >= 15 is 0 Å². The highest BCUT2D eigenvalue weighted by Gasteiger charge is 2.26. The summed E-state index contributed by atoms with van der Waals surface area (Å²) in [6, 6.07) is 6.74. The molecule has 1 saturated heterocycles. The van der Waals surface area contributed by atoms with Gasteiger partial charge in [-0.05, 0) is 31.0 Å². The van der Waals surface area contributed by atoms with Crippen molar-refractivity contribution < 1.29 is 4.74 Å². The first-order chi connectivity index (χ1) is 10.3. The van der Waals surface area contributed by atoms with Crippen LogP contribution in [0.1, 0.15) is 31.2 Å². The number of nitrogens with zero attached hydrogens (tertiary/aromatic N) is 2. The first-order valence-corrected chi connectivity index (χ1v) is 8.43. The van der Waals surface area contributed by atoms with Crippen molar-refractivity contribution in [2.45, 2.75) is 38.3 Å². The Morgan fingerprint density at radius 3 is 2.52 bits per heavy atom. The second-order valence-corrected chi connectivity index (χ2v) is 6.64. The van der Waals surface area contributed by atoms with Crippen LogP contribution in [0.4, 0.5) is 0 Å². The molecule has 2 fully saturated rings. The van der Waals surface area contributed by atoms with Crippen LogP contribution in [0.2, 0.25) is 5.02 Å². The lowest BCUT2D eigenvalue weighted by Crippen LogP contribution is -2.49. The molecule has 116 valence electrons. The molecule has 1 heterocycles. The molecule has 1 aliphatic carbocycles. The van der Waals surface area contributed by atoms with Crippen molar-refractivity contribution in [1.29, 1.82) is 0 Å². The summed E-state index contributed by atoms with van der Waals surface area (Å²) in [7, 11) is 1.73. The molecular formula is C17H25ClN2O. The summed E-state index contributed by atoms with van der Waals surface area (Å²) in [5.41, 5.74) is 1.19. The van der Waals surface area contributed by atoms with E-state index in [2.05, 4.69) is 9.80 Å². The Bertz CT molecular complexity index is 466. The highest BCUT2D eigenvalue weighted by molar-refractivity contribution is 6.30. The fourth-order valence-electron chi connectivity index (χ4n) is 3.67. The summed E-state index contributed by atoms with van der Waals surface area (Å²) in [6.07, 6.45) is 5.65. The molecule has 0 radical (unpaired) electrons. The van der Waals surface area contributed by atoms with Gasteiger partial charge in [0.2, 0.25) is 0 Å². The van der Waals surface area contributed by atoms with Gasteiger partial charge in [-0.15, -0.1) is 0 Å². The van der Waals surface area contributed by atoms with Crippen molar-refractivity contribution in [3.05, 3.63) is 28.8 Å². The molecule has 1 aromatic rings. The number of piperazine rings is 1. The molecule has 0 spiro atoms. The minimum Gasteiger partial charge on any atom is -0.496 e. The van der Waals surface area contributed by atoms with Gasteiger partial charge in [0.1, 0.15) is 5.75 Å². The number of rotatable bonds is 4. The average molecular weight is 309 g/mol. The number of hydrogen-bond acceptors (Lipinski definition) is 3. The van der Waals surface area contributed by atoms with Gasteiger partial charge in [-0.2, -0.15) is 0 Å². The van der Waals surface area contributed by atoms with E-state index in [9.17, 15) is 0 Å². The zero-order chi connectivity index (χ0) is 14.7.